The van der Waals surface area contributed by atoms with Crippen LogP contribution in [-0.4, -0.2) is 88.5 Å². The molecule has 0 aromatic heterocycles. The minimum absolute atomic E-state index is 0.171. The Hall–Kier alpha value is -1.26. The van der Waals surface area contributed by atoms with Gasteiger partial charge in [0.05, 0.1) is 6.61 Å². The molecule has 2 aliphatic rings. The van der Waals surface area contributed by atoms with Crippen molar-refractivity contribution in [3.05, 3.63) is 0 Å². The fraction of sp³-hybridized carbons (Fsp3) is 0.900. The Balaban J connectivity index is 1.78. The molecule has 0 aliphatic carbocycles. The molecule has 0 aromatic carbocycles. The molecule has 2 unspecified atom stereocenters. The summed E-state index contributed by atoms with van der Waals surface area (Å²) in [6, 6.07) is -0.602. The summed E-state index contributed by atoms with van der Waals surface area (Å²) in [5.74, 6) is 0.324. The molecule has 0 radical (unpaired) electrons. The molecule has 29 heavy (non-hydrogen) atoms. The van der Waals surface area contributed by atoms with Crippen LogP contribution < -0.4 is 5.32 Å². The lowest BCUT2D eigenvalue weighted by Crippen LogP contribution is -2.64. The first kappa shape index (κ1) is 24.0. The first-order valence-electron chi connectivity index (χ1n) is 10.6. The SMILES string of the molecule is CC[C@@H]1C[C@@H](C)CN1C(=O)CCCCO[C@@H]1OC(CO)[C@@H](O)[C@H](O)C1NC(C)=O. The van der Waals surface area contributed by atoms with E-state index in [0.717, 1.165) is 19.4 Å². The summed E-state index contributed by atoms with van der Waals surface area (Å²) in [6.07, 6.45) is -0.874. The number of nitrogens with one attached hydrogen (secondary N) is 1. The zero-order chi connectivity index (χ0) is 21.6. The molecule has 4 N–H and O–H groups in total. The van der Waals surface area contributed by atoms with Gasteiger partial charge in [-0.05, 0) is 31.6 Å². The van der Waals surface area contributed by atoms with Crippen molar-refractivity contribution in [1.82, 2.24) is 10.2 Å². The van der Waals surface area contributed by atoms with Gasteiger partial charge >= 0.3 is 0 Å². The van der Waals surface area contributed by atoms with Gasteiger partial charge in [-0.15, -0.1) is 0 Å². The zero-order valence-corrected chi connectivity index (χ0v) is 17.6. The molecule has 2 saturated heterocycles. The minimum atomic E-state index is -1.33. The molecule has 0 aromatic rings. The molecule has 2 rings (SSSR count). The molecule has 0 saturated carbocycles. The number of nitrogens with zero attached hydrogens (tertiary/aromatic N) is 1. The third-order valence-electron chi connectivity index (χ3n) is 5.73. The maximum absolute atomic E-state index is 12.5. The third-order valence-corrected chi connectivity index (χ3v) is 5.73. The number of likely N-dealkylation sites (tertiary alicyclic amines) is 1. The van der Waals surface area contributed by atoms with Crippen LogP contribution in [0.25, 0.3) is 0 Å². The molecule has 2 heterocycles. The topological polar surface area (TPSA) is 129 Å². The van der Waals surface area contributed by atoms with E-state index in [4.69, 9.17) is 9.47 Å². The maximum Gasteiger partial charge on any atom is 0.222 e. The average Bonchev–Trinajstić information content (AvgIpc) is 3.07. The fourth-order valence-electron chi connectivity index (χ4n) is 4.18. The highest BCUT2D eigenvalue weighted by Gasteiger charge is 2.45. The highest BCUT2D eigenvalue weighted by atomic mass is 16.7. The molecular weight excluding hydrogens is 380 g/mol. The second-order valence-electron chi connectivity index (χ2n) is 8.21. The summed E-state index contributed by atoms with van der Waals surface area (Å²) in [6.45, 7) is 6.18. The number of hydrogen-bond donors (Lipinski definition) is 4. The molecule has 2 fully saturated rings. The Bertz CT molecular complexity index is 547. The third kappa shape index (κ3) is 6.36. The Morgan fingerprint density at radius 2 is 1.97 bits per heavy atom. The maximum atomic E-state index is 12.5. The predicted molar refractivity (Wildman–Crippen MR) is 105 cm³/mol. The lowest BCUT2D eigenvalue weighted by Gasteiger charge is -2.42. The number of rotatable bonds is 9. The smallest absolute Gasteiger partial charge is 0.222 e. The van der Waals surface area contributed by atoms with Crippen molar-refractivity contribution in [1.29, 1.82) is 0 Å². The van der Waals surface area contributed by atoms with Crippen molar-refractivity contribution in [2.45, 2.75) is 89.6 Å². The molecule has 2 amide bonds. The average molecular weight is 417 g/mol. The van der Waals surface area contributed by atoms with Gasteiger partial charge in [0.2, 0.25) is 11.8 Å². The van der Waals surface area contributed by atoms with Gasteiger partial charge in [-0.3, -0.25) is 9.59 Å². The molecule has 9 heteroatoms. The van der Waals surface area contributed by atoms with E-state index in [-0.39, 0.29) is 12.5 Å². The molecule has 7 atom stereocenters. The second kappa shape index (κ2) is 11.2. The van der Waals surface area contributed by atoms with Gasteiger partial charge < -0.3 is 35.0 Å². The number of hydrogen-bond acceptors (Lipinski definition) is 7. The lowest BCUT2D eigenvalue weighted by molar-refractivity contribution is -0.270. The number of carbonyl (C=O) groups excluding carboxylic acids is 2. The highest BCUT2D eigenvalue weighted by Crippen LogP contribution is 2.26. The van der Waals surface area contributed by atoms with E-state index >= 15 is 0 Å². The van der Waals surface area contributed by atoms with E-state index in [9.17, 15) is 24.9 Å². The fourth-order valence-corrected chi connectivity index (χ4v) is 4.18. The summed E-state index contributed by atoms with van der Waals surface area (Å²) in [5, 5.41) is 32.1. The van der Waals surface area contributed by atoms with Crippen LogP contribution in [0.2, 0.25) is 0 Å². The minimum Gasteiger partial charge on any atom is -0.394 e. The van der Waals surface area contributed by atoms with E-state index < -0.39 is 43.2 Å². The molecule has 0 bridgehead atoms. The van der Waals surface area contributed by atoms with Crippen molar-refractivity contribution >= 4 is 11.8 Å². The normalized spacial score (nSPS) is 35.0. The number of aliphatic hydroxyl groups is 3. The van der Waals surface area contributed by atoms with Crippen LogP contribution in [0, 0.1) is 5.92 Å². The monoisotopic (exact) mass is 416 g/mol. The second-order valence-corrected chi connectivity index (χ2v) is 8.21. The van der Waals surface area contributed by atoms with Crippen LogP contribution in [0.5, 0.6) is 0 Å². The molecular formula is C20H36N2O7. The Morgan fingerprint density at radius 1 is 1.24 bits per heavy atom. The number of amides is 2. The van der Waals surface area contributed by atoms with Gasteiger partial charge in [-0.25, -0.2) is 0 Å². The van der Waals surface area contributed by atoms with Gasteiger partial charge in [0.25, 0.3) is 0 Å². The van der Waals surface area contributed by atoms with E-state index in [1.54, 1.807) is 0 Å². The van der Waals surface area contributed by atoms with Crippen molar-refractivity contribution < 1.29 is 34.4 Å². The van der Waals surface area contributed by atoms with Crippen molar-refractivity contribution in [3.63, 3.8) is 0 Å². The van der Waals surface area contributed by atoms with Crippen molar-refractivity contribution in [2.75, 3.05) is 19.8 Å². The Kier molecular flexibility index (Phi) is 9.29. The van der Waals surface area contributed by atoms with E-state index in [0.29, 0.717) is 31.2 Å². The van der Waals surface area contributed by atoms with Crippen LogP contribution in [0.1, 0.15) is 52.9 Å². The van der Waals surface area contributed by atoms with Crippen LogP contribution in [0.15, 0.2) is 0 Å². The number of carbonyl (C=O) groups is 2. The predicted octanol–water partition coefficient (Wildman–Crippen LogP) is -0.236. The van der Waals surface area contributed by atoms with Gasteiger partial charge in [0, 0.05) is 32.5 Å². The van der Waals surface area contributed by atoms with Gasteiger partial charge in [0.15, 0.2) is 6.29 Å². The summed E-state index contributed by atoms with van der Waals surface area (Å²) in [4.78, 5) is 25.9. The summed E-state index contributed by atoms with van der Waals surface area (Å²) in [5.41, 5.74) is 0. The first-order valence-corrected chi connectivity index (χ1v) is 10.6. The van der Waals surface area contributed by atoms with Crippen LogP contribution in [-0.2, 0) is 19.1 Å². The summed E-state index contributed by atoms with van der Waals surface area (Å²) < 4.78 is 11.2. The molecule has 0 spiro atoms. The molecule has 9 nitrogen and oxygen atoms in total. The zero-order valence-electron chi connectivity index (χ0n) is 17.6. The van der Waals surface area contributed by atoms with Gasteiger partial charge in [-0.2, -0.15) is 0 Å². The lowest BCUT2D eigenvalue weighted by atomic mass is 9.97. The molecule has 168 valence electrons. The summed E-state index contributed by atoms with van der Waals surface area (Å²) in [7, 11) is 0. The van der Waals surface area contributed by atoms with E-state index in [1.165, 1.54) is 6.92 Å². The van der Waals surface area contributed by atoms with Crippen LogP contribution in [0.3, 0.4) is 0 Å². The number of ether oxygens (including phenoxy) is 2. The highest BCUT2D eigenvalue weighted by molar-refractivity contribution is 5.76. The van der Waals surface area contributed by atoms with Gasteiger partial charge in [0.1, 0.15) is 24.4 Å². The van der Waals surface area contributed by atoms with E-state index in [2.05, 4.69) is 19.2 Å². The van der Waals surface area contributed by atoms with Crippen LogP contribution >= 0.6 is 0 Å². The number of aliphatic hydroxyl groups excluding tert-OH is 3. The van der Waals surface area contributed by atoms with E-state index in [1.807, 2.05) is 4.90 Å². The standard InChI is InChI=1S/C20H36N2O7/c1-4-14-9-12(2)10-22(14)16(25)7-5-6-8-28-20-17(21-13(3)24)19(27)18(26)15(11-23)29-20/h12,14-15,17-20,23,26-27H,4-11H2,1-3H3,(H,21,24)/t12-,14-,15?,17?,18-,19-,20-/m1/s1. The van der Waals surface area contributed by atoms with Crippen molar-refractivity contribution in [2.24, 2.45) is 5.92 Å². The van der Waals surface area contributed by atoms with Gasteiger partial charge in [-0.1, -0.05) is 13.8 Å². The Labute approximate surface area is 172 Å². The molecule has 2 aliphatic heterocycles. The summed E-state index contributed by atoms with van der Waals surface area (Å²) >= 11 is 0. The number of unbranched alkanes of at least 4 members (excludes halogenated alkanes) is 1. The quantitative estimate of drug-likeness (QED) is 0.382. The van der Waals surface area contributed by atoms with Crippen LogP contribution in [0.4, 0.5) is 0 Å². The van der Waals surface area contributed by atoms with Crippen molar-refractivity contribution in [3.8, 4) is 0 Å². The first-order chi connectivity index (χ1) is 13.8. The Morgan fingerprint density at radius 3 is 2.59 bits per heavy atom. The largest absolute Gasteiger partial charge is 0.394 e.